The second-order valence-electron chi connectivity index (χ2n) is 5.74. The molecule has 8 heteroatoms. The van der Waals surface area contributed by atoms with Crippen LogP contribution in [0.4, 0.5) is 0 Å². The molecule has 0 amide bonds. The summed E-state index contributed by atoms with van der Waals surface area (Å²) in [4.78, 5) is 6.05. The molecule has 21 heavy (non-hydrogen) atoms. The fourth-order valence-corrected chi connectivity index (χ4v) is 3.22. The van der Waals surface area contributed by atoms with Crippen LogP contribution in [0.5, 0.6) is 0 Å². The molecule has 0 spiro atoms. The molecule has 0 bridgehead atoms. The molecule has 0 aromatic carbocycles. The maximum absolute atomic E-state index is 11.9. The van der Waals surface area contributed by atoms with Gasteiger partial charge in [0, 0.05) is 26.2 Å². The van der Waals surface area contributed by atoms with Crippen molar-refractivity contribution >= 4 is 16.0 Å². The van der Waals surface area contributed by atoms with Crippen LogP contribution in [0.2, 0.25) is 0 Å². The lowest BCUT2D eigenvalue weighted by molar-refractivity contribution is 0.0200. The molecule has 3 N–H and O–H groups in total. The molecule has 122 valence electrons. The first kappa shape index (κ1) is 16.5. The van der Waals surface area contributed by atoms with E-state index in [-0.39, 0.29) is 18.4 Å². The summed E-state index contributed by atoms with van der Waals surface area (Å²) < 4.78 is 31.9. The lowest BCUT2D eigenvalue weighted by atomic mass is 10.1. The van der Waals surface area contributed by atoms with Crippen LogP contribution in [-0.4, -0.2) is 63.9 Å². The van der Waals surface area contributed by atoms with Crippen LogP contribution in [0.25, 0.3) is 0 Å². The second-order valence-corrected chi connectivity index (χ2v) is 7.66. The number of hydrogen-bond acceptors (Lipinski definition) is 4. The lowest BCUT2D eigenvalue weighted by Crippen LogP contribution is -2.38. The van der Waals surface area contributed by atoms with Crippen LogP contribution < -0.4 is 10.5 Å². The number of nitrogens with one attached hydrogen (secondary N) is 1. The summed E-state index contributed by atoms with van der Waals surface area (Å²) in [5.74, 6) is 0.377. The van der Waals surface area contributed by atoms with Crippen LogP contribution in [0.15, 0.2) is 4.99 Å². The summed E-state index contributed by atoms with van der Waals surface area (Å²) in [6.45, 7) is 1.26. The Morgan fingerprint density at radius 2 is 2.14 bits per heavy atom. The standard InChI is InChI=1S/C13H26N4O3S/c1-17(11-5-6-11)13(14)15-7-9-21(18,19)16-10-12-4-2-3-8-20-12/h11-12,16H,2-10H2,1H3,(H2,14,15). The Morgan fingerprint density at radius 3 is 2.76 bits per heavy atom. The number of ether oxygens (including phenoxy) is 1. The summed E-state index contributed by atoms with van der Waals surface area (Å²) in [6, 6.07) is 0.479. The zero-order valence-corrected chi connectivity index (χ0v) is 13.4. The Morgan fingerprint density at radius 1 is 1.38 bits per heavy atom. The molecule has 2 aliphatic rings. The Balaban J connectivity index is 1.69. The van der Waals surface area contributed by atoms with E-state index in [4.69, 9.17) is 10.5 Å². The van der Waals surface area contributed by atoms with Crippen LogP contribution in [-0.2, 0) is 14.8 Å². The fraction of sp³-hybridized carbons (Fsp3) is 0.923. The predicted octanol–water partition coefficient (Wildman–Crippen LogP) is -0.116. The molecule has 1 saturated carbocycles. The Bertz CT molecular complexity index is 456. The summed E-state index contributed by atoms with van der Waals surface area (Å²) >= 11 is 0. The summed E-state index contributed by atoms with van der Waals surface area (Å²) in [5.41, 5.74) is 5.82. The van der Waals surface area contributed by atoms with Crippen molar-refractivity contribution < 1.29 is 13.2 Å². The molecule has 2 rings (SSSR count). The number of aliphatic imine (C=N–C) groups is 1. The maximum atomic E-state index is 11.9. The SMILES string of the molecule is CN(C(N)=NCCS(=O)(=O)NCC1CCCCO1)C1CC1. The lowest BCUT2D eigenvalue weighted by Gasteiger charge is -2.22. The summed E-state index contributed by atoms with van der Waals surface area (Å²) in [7, 11) is -1.43. The maximum Gasteiger partial charge on any atom is 0.213 e. The predicted molar refractivity (Wildman–Crippen MR) is 82.7 cm³/mol. The molecule has 0 radical (unpaired) electrons. The number of guanidine groups is 1. The molecule has 1 aliphatic heterocycles. The summed E-state index contributed by atoms with van der Waals surface area (Å²) in [6.07, 6.45) is 5.34. The van der Waals surface area contributed by atoms with Gasteiger partial charge in [-0.2, -0.15) is 0 Å². The number of rotatable bonds is 7. The van der Waals surface area contributed by atoms with Crippen LogP contribution >= 0.6 is 0 Å². The summed E-state index contributed by atoms with van der Waals surface area (Å²) in [5, 5.41) is 0. The second kappa shape index (κ2) is 7.42. The Hall–Kier alpha value is -0.860. The Labute approximate surface area is 127 Å². The first-order valence-electron chi connectivity index (χ1n) is 7.59. The van der Waals surface area contributed by atoms with Gasteiger partial charge in [0.15, 0.2) is 5.96 Å². The normalized spacial score (nSPS) is 24.0. The minimum Gasteiger partial charge on any atom is -0.377 e. The van der Waals surface area contributed by atoms with Gasteiger partial charge in [0.05, 0.1) is 18.4 Å². The monoisotopic (exact) mass is 318 g/mol. The van der Waals surface area contributed by atoms with Gasteiger partial charge in [0.2, 0.25) is 10.0 Å². The highest BCUT2D eigenvalue weighted by Gasteiger charge is 2.27. The topological polar surface area (TPSA) is 97.0 Å². The first-order chi connectivity index (χ1) is 9.98. The van der Waals surface area contributed by atoms with Crippen LogP contribution in [0.1, 0.15) is 32.1 Å². The van der Waals surface area contributed by atoms with E-state index >= 15 is 0 Å². The van der Waals surface area contributed by atoms with Crippen LogP contribution in [0, 0.1) is 0 Å². The highest BCUT2D eigenvalue weighted by molar-refractivity contribution is 7.89. The Kier molecular flexibility index (Phi) is 5.83. The number of sulfonamides is 1. The van der Waals surface area contributed by atoms with E-state index in [0.717, 1.165) is 38.7 Å². The third-order valence-electron chi connectivity index (χ3n) is 3.89. The van der Waals surface area contributed by atoms with E-state index in [9.17, 15) is 8.42 Å². The minimum atomic E-state index is -3.32. The van der Waals surface area contributed by atoms with Gasteiger partial charge in [-0.05, 0) is 32.1 Å². The van der Waals surface area contributed by atoms with Gasteiger partial charge < -0.3 is 15.4 Å². The average molecular weight is 318 g/mol. The molecular weight excluding hydrogens is 292 g/mol. The van der Waals surface area contributed by atoms with Gasteiger partial charge in [0.1, 0.15) is 0 Å². The molecular formula is C13H26N4O3S. The van der Waals surface area contributed by atoms with Gasteiger partial charge >= 0.3 is 0 Å². The smallest absolute Gasteiger partial charge is 0.213 e. The van der Waals surface area contributed by atoms with Crippen molar-refractivity contribution in [3.63, 3.8) is 0 Å². The first-order valence-corrected chi connectivity index (χ1v) is 9.25. The van der Waals surface area contributed by atoms with E-state index in [1.807, 2.05) is 11.9 Å². The van der Waals surface area contributed by atoms with E-state index in [1.54, 1.807) is 0 Å². The largest absolute Gasteiger partial charge is 0.377 e. The number of nitrogens with two attached hydrogens (primary N) is 1. The third kappa shape index (κ3) is 5.80. The average Bonchev–Trinajstić information content (AvgIpc) is 3.30. The third-order valence-corrected chi connectivity index (χ3v) is 5.22. The molecule has 7 nitrogen and oxygen atoms in total. The number of hydrogen-bond donors (Lipinski definition) is 2. The van der Waals surface area contributed by atoms with Crippen molar-refractivity contribution in [2.24, 2.45) is 10.7 Å². The van der Waals surface area contributed by atoms with Crippen molar-refractivity contribution in [2.75, 3.05) is 32.5 Å². The number of nitrogens with zero attached hydrogens (tertiary/aromatic N) is 2. The molecule has 1 aliphatic carbocycles. The zero-order valence-electron chi connectivity index (χ0n) is 12.6. The highest BCUT2D eigenvalue weighted by atomic mass is 32.2. The minimum absolute atomic E-state index is 0.00287. The molecule has 1 atom stereocenters. The van der Waals surface area contributed by atoms with Gasteiger partial charge in [-0.1, -0.05) is 0 Å². The molecule has 0 aromatic heterocycles. The van der Waals surface area contributed by atoms with E-state index in [2.05, 4.69) is 9.71 Å². The fourth-order valence-electron chi connectivity index (χ4n) is 2.30. The molecule has 1 saturated heterocycles. The van der Waals surface area contributed by atoms with Crippen LogP contribution in [0.3, 0.4) is 0 Å². The molecule has 1 unspecified atom stereocenters. The van der Waals surface area contributed by atoms with Crippen molar-refractivity contribution in [3.8, 4) is 0 Å². The van der Waals surface area contributed by atoms with Crippen molar-refractivity contribution in [3.05, 3.63) is 0 Å². The van der Waals surface area contributed by atoms with Gasteiger partial charge in [-0.15, -0.1) is 0 Å². The van der Waals surface area contributed by atoms with Gasteiger partial charge in [0.25, 0.3) is 0 Å². The highest BCUT2D eigenvalue weighted by Crippen LogP contribution is 2.24. The van der Waals surface area contributed by atoms with Gasteiger partial charge in [-0.3, -0.25) is 4.99 Å². The van der Waals surface area contributed by atoms with E-state index in [0.29, 0.717) is 18.5 Å². The van der Waals surface area contributed by atoms with E-state index in [1.165, 1.54) is 0 Å². The molecule has 0 aromatic rings. The van der Waals surface area contributed by atoms with E-state index < -0.39 is 10.0 Å². The quantitative estimate of drug-likeness (QED) is 0.504. The zero-order chi connectivity index (χ0) is 15.3. The van der Waals surface area contributed by atoms with Crippen molar-refractivity contribution in [2.45, 2.75) is 44.2 Å². The van der Waals surface area contributed by atoms with Crippen molar-refractivity contribution in [1.82, 2.24) is 9.62 Å². The molecule has 2 fully saturated rings. The van der Waals surface area contributed by atoms with Gasteiger partial charge in [-0.25, -0.2) is 13.1 Å². The molecule has 1 heterocycles. The van der Waals surface area contributed by atoms with Crippen molar-refractivity contribution in [1.29, 1.82) is 0 Å².